The molecule has 9 aromatic rings. The molecule has 2 nitrogen and oxygen atoms in total. The van der Waals surface area contributed by atoms with E-state index in [0.717, 1.165) is 38.6 Å². The number of allylic oxidation sites excluding steroid dienone is 4. The second-order valence-electron chi connectivity index (χ2n) is 14.2. The predicted octanol–water partition coefficient (Wildman–Crippen LogP) is 14.5. The minimum absolute atomic E-state index is 0.869. The van der Waals surface area contributed by atoms with Crippen molar-refractivity contribution < 1.29 is 0 Å². The van der Waals surface area contributed by atoms with E-state index in [1.165, 1.54) is 68.6 Å². The van der Waals surface area contributed by atoms with Crippen LogP contribution < -0.4 is 0 Å². The summed E-state index contributed by atoms with van der Waals surface area (Å²) in [4.78, 5) is 12.5. The Kier molecular flexibility index (Phi) is 7.99. The van der Waals surface area contributed by atoms with Crippen molar-refractivity contribution in [3.63, 3.8) is 0 Å². The lowest BCUT2D eigenvalue weighted by Gasteiger charge is -2.35. The zero-order valence-electron chi connectivity index (χ0n) is 30.0. The van der Waals surface area contributed by atoms with E-state index in [-0.39, 0.29) is 0 Å². The molecule has 0 atom stereocenters. The van der Waals surface area contributed by atoms with Crippen LogP contribution in [0, 0.1) is 0 Å². The summed E-state index contributed by atoms with van der Waals surface area (Å²) in [6, 6.07) is 48.8. The Morgan fingerprint density at radius 1 is 0.537 bits per heavy atom. The number of fused-ring (bicyclic) bond motifs is 5. The molecule has 5 heteroatoms. The second-order valence-corrected chi connectivity index (χ2v) is 19.9. The van der Waals surface area contributed by atoms with Gasteiger partial charge in [0.2, 0.25) is 0 Å². The Morgan fingerprint density at radius 2 is 1.02 bits per heavy atom. The van der Waals surface area contributed by atoms with Crippen molar-refractivity contribution in [2.24, 2.45) is 0 Å². The van der Waals surface area contributed by atoms with Crippen LogP contribution in [-0.2, 0) is 6.42 Å². The molecule has 0 saturated heterocycles. The smallest absolute Gasteiger partial charge is 0.124 e. The lowest BCUT2D eigenvalue weighted by atomic mass is 9.85. The van der Waals surface area contributed by atoms with Crippen LogP contribution in [0.5, 0.6) is 0 Å². The monoisotopic (exact) mass is 748 g/mol. The third kappa shape index (κ3) is 5.54. The largest absolute Gasteiger partial charge is 0.236 e. The van der Waals surface area contributed by atoms with Crippen LogP contribution in [0.25, 0.3) is 85.4 Å². The summed E-state index contributed by atoms with van der Waals surface area (Å²) in [6.45, 7) is 4.59. The SMILES string of the molecule is C=C1/C=C\C=C/Cc2cc3c(-c4ccc(-c5nc6ccccc6s5)cc4)c4ccccc4c(-c4ccc(-c5nc6ccccc6s5)cc4)c3cc2S1(C)C. The standard InChI is InChI=1S/C49H36N2S3/c1-31-13-5-4-6-14-36-29-39-40(30-45(36)54(31,2)3)47(33-23-27-35(28-24-33)49-51-42-18-10-12-20-44(42)53-49)38-16-8-7-15-37(38)46(39)32-21-25-34(26-22-32)48-50-41-17-9-11-19-43(41)52-48/h4-13,15-30H,1,14H2,2-3H3/b6-4-,13-5-. The van der Waals surface area contributed by atoms with Crippen LogP contribution in [0.4, 0.5) is 0 Å². The number of aromatic nitrogens is 2. The molecule has 54 heavy (non-hydrogen) atoms. The van der Waals surface area contributed by atoms with Gasteiger partial charge < -0.3 is 0 Å². The molecule has 3 heterocycles. The molecule has 0 fully saturated rings. The molecule has 0 radical (unpaired) electrons. The van der Waals surface area contributed by atoms with Crippen LogP contribution in [0.15, 0.2) is 174 Å². The van der Waals surface area contributed by atoms with Crippen molar-refractivity contribution in [3.8, 4) is 43.4 Å². The molecular weight excluding hydrogens is 713 g/mol. The average molecular weight is 749 g/mol. The summed E-state index contributed by atoms with van der Waals surface area (Å²) >= 11 is 3.49. The molecular formula is C49H36N2S3. The molecule has 1 aliphatic rings. The molecule has 7 aromatic carbocycles. The molecule has 1 aliphatic heterocycles. The molecule has 0 unspecified atom stereocenters. The molecule has 0 N–H and O–H groups in total. The first-order valence-electron chi connectivity index (χ1n) is 18.1. The number of nitrogens with zero attached hydrogens (tertiary/aromatic N) is 2. The quantitative estimate of drug-likeness (QED) is 0.168. The number of hydrogen-bond acceptors (Lipinski definition) is 4. The van der Waals surface area contributed by atoms with E-state index in [2.05, 4.69) is 177 Å². The Hall–Kier alpha value is -5.59. The van der Waals surface area contributed by atoms with E-state index < -0.39 is 10.0 Å². The minimum Gasteiger partial charge on any atom is -0.236 e. The van der Waals surface area contributed by atoms with E-state index in [4.69, 9.17) is 9.97 Å². The van der Waals surface area contributed by atoms with Gasteiger partial charge in [-0.1, -0.05) is 128 Å². The van der Waals surface area contributed by atoms with Gasteiger partial charge in [0.05, 0.1) is 20.4 Å². The molecule has 0 aliphatic carbocycles. The van der Waals surface area contributed by atoms with Crippen molar-refractivity contribution in [3.05, 3.63) is 175 Å². The lowest BCUT2D eigenvalue weighted by Crippen LogP contribution is -2.03. The first-order chi connectivity index (χ1) is 26.4. The highest BCUT2D eigenvalue weighted by Crippen LogP contribution is 2.59. The maximum absolute atomic E-state index is 4.96. The average Bonchev–Trinajstić information content (AvgIpc) is 3.85. The normalized spacial score (nSPS) is 15.9. The van der Waals surface area contributed by atoms with Crippen LogP contribution in [0.2, 0.25) is 0 Å². The Bertz CT molecular complexity index is 2930. The number of thiazole rings is 2. The first kappa shape index (κ1) is 33.0. The van der Waals surface area contributed by atoms with Crippen LogP contribution in [0.1, 0.15) is 5.56 Å². The van der Waals surface area contributed by atoms with Gasteiger partial charge in [0.15, 0.2) is 0 Å². The topological polar surface area (TPSA) is 25.8 Å². The molecule has 0 bridgehead atoms. The number of benzene rings is 7. The Morgan fingerprint density at radius 3 is 1.56 bits per heavy atom. The summed E-state index contributed by atoms with van der Waals surface area (Å²) in [5, 5.41) is 7.13. The third-order valence-electron chi connectivity index (χ3n) is 10.7. The van der Waals surface area contributed by atoms with Crippen LogP contribution in [-0.4, -0.2) is 22.5 Å². The van der Waals surface area contributed by atoms with Gasteiger partial charge in [0.1, 0.15) is 10.0 Å². The maximum atomic E-state index is 4.96. The van der Waals surface area contributed by atoms with Crippen LogP contribution >= 0.6 is 32.7 Å². The highest BCUT2D eigenvalue weighted by molar-refractivity contribution is 8.36. The molecule has 0 amide bonds. The van der Waals surface area contributed by atoms with Gasteiger partial charge in [0, 0.05) is 11.1 Å². The zero-order chi connectivity index (χ0) is 36.4. The summed E-state index contributed by atoms with van der Waals surface area (Å²) in [5.41, 5.74) is 10.7. The van der Waals surface area contributed by atoms with Gasteiger partial charge in [-0.3, -0.25) is 0 Å². The van der Waals surface area contributed by atoms with Gasteiger partial charge in [-0.25, -0.2) is 9.97 Å². The third-order valence-corrected chi connectivity index (χ3v) is 15.8. The van der Waals surface area contributed by atoms with Gasteiger partial charge in [-0.2, -0.15) is 10.0 Å². The van der Waals surface area contributed by atoms with E-state index in [9.17, 15) is 0 Å². The summed E-state index contributed by atoms with van der Waals surface area (Å²) in [6.07, 6.45) is 14.5. The van der Waals surface area contributed by atoms with Crippen molar-refractivity contribution in [2.75, 3.05) is 12.5 Å². The van der Waals surface area contributed by atoms with E-state index in [1.807, 2.05) is 0 Å². The summed E-state index contributed by atoms with van der Waals surface area (Å²) in [7, 11) is -1.36. The van der Waals surface area contributed by atoms with Gasteiger partial charge >= 0.3 is 0 Å². The molecule has 10 rings (SSSR count). The first-order valence-corrected chi connectivity index (χ1v) is 22.2. The molecule has 260 valence electrons. The van der Waals surface area contributed by atoms with Gasteiger partial charge in [0.25, 0.3) is 0 Å². The second kappa shape index (κ2) is 13.1. The van der Waals surface area contributed by atoms with Crippen LogP contribution in [0.3, 0.4) is 0 Å². The fraction of sp³-hybridized carbons (Fsp3) is 0.0612. The summed E-state index contributed by atoms with van der Waals surface area (Å²) in [5.74, 6) is 0. The van der Waals surface area contributed by atoms with Crippen molar-refractivity contribution in [1.29, 1.82) is 0 Å². The number of hydrogen-bond donors (Lipinski definition) is 0. The van der Waals surface area contributed by atoms with Gasteiger partial charge in [-0.15, -0.1) is 22.7 Å². The fourth-order valence-electron chi connectivity index (χ4n) is 7.80. The molecule has 0 saturated carbocycles. The predicted molar refractivity (Wildman–Crippen MR) is 238 cm³/mol. The van der Waals surface area contributed by atoms with E-state index >= 15 is 0 Å². The molecule has 0 spiro atoms. The zero-order valence-corrected chi connectivity index (χ0v) is 32.5. The van der Waals surface area contributed by atoms with E-state index in [1.54, 1.807) is 22.7 Å². The van der Waals surface area contributed by atoms with E-state index in [0.29, 0.717) is 0 Å². The fourth-order valence-corrected chi connectivity index (χ4v) is 11.7. The highest BCUT2D eigenvalue weighted by Gasteiger charge is 2.25. The molecule has 2 aromatic heterocycles. The highest BCUT2D eigenvalue weighted by atomic mass is 32.3. The van der Waals surface area contributed by atoms with Crippen molar-refractivity contribution >= 4 is 74.7 Å². The van der Waals surface area contributed by atoms with Crippen molar-refractivity contribution in [2.45, 2.75) is 11.3 Å². The lowest BCUT2D eigenvalue weighted by molar-refractivity contribution is 1.19. The number of rotatable bonds is 4. The number of para-hydroxylation sites is 2. The maximum Gasteiger partial charge on any atom is 0.124 e. The minimum atomic E-state index is -1.36. The summed E-state index contributed by atoms with van der Waals surface area (Å²) < 4.78 is 2.42. The Labute approximate surface area is 324 Å². The van der Waals surface area contributed by atoms with Gasteiger partial charge in [-0.05, 0) is 114 Å². The Balaban J connectivity index is 1.21. The van der Waals surface area contributed by atoms with Crippen molar-refractivity contribution in [1.82, 2.24) is 9.97 Å².